The third kappa shape index (κ3) is 6.15. The molecule has 4 rings (SSSR count). The molecular weight excluding hydrogens is 494 g/mol. The van der Waals surface area contributed by atoms with Crippen LogP contribution in [0.3, 0.4) is 0 Å². The average Bonchev–Trinajstić information content (AvgIpc) is 2.89. The maximum Gasteiger partial charge on any atom is 0.242 e. The van der Waals surface area contributed by atoms with E-state index in [1.165, 1.54) is 43.9 Å². The molecule has 0 atom stereocenters. The number of hydrogen-bond donors (Lipinski definition) is 0. The molecule has 1 saturated heterocycles. The Bertz CT molecular complexity index is 1370. The largest absolute Gasteiger partial charge is 0.369 e. The highest BCUT2D eigenvalue weighted by Crippen LogP contribution is 2.25. The van der Waals surface area contributed by atoms with E-state index < -0.39 is 19.9 Å². The minimum atomic E-state index is -3.60. The van der Waals surface area contributed by atoms with Crippen LogP contribution in [-0.4, -0.2) is 72.1 Å². The fraction of sp³-hybridized carbons (Fsp3) is 0.333. The van der Waals surface area contributed by atoms with Crippen molar-refractivity contribution in [2.75, 3.05) is 50.9 Å². The van der Waals surface area contributed by atoms with E-state index in [-0.39, 0.29) is 15.5 Å². The number of anilines is 1. The summed E-state index contributed by atoms with van der Waals surface area (Å²) in [5.41, 5.74) is 3.40. The van der Waals surface area contributed by atoms with Gasteiger partial charge in [-0.05, 0) is 47.9 Å². The van der Waals surface area contributed by atoms with Crippen LogP contribution in [0, 0.1) is 0 Å². The van der Waals surface area contributed by atoms with Gasteiger partial charge in [-0.15, -0.1) is 0 Å². The normalized spacial score (nSPS) is 15.4. The number of sulfonamides is 1. The van der Waals surface area contributed by atoms with Gasteiger partial charge in [0.15, 0.2) is 9.84 Å². The van der Waals surface area contributed by atoms with Crippen molar-refractivity contribution in [1.29, 1.82) is 0 Å². The van der Waals surface area contributed by atoms with Crippen molar-refractivity contribution in [2.24, 2.45) is 0 Å². The highest BCUT2D eigenvalue weighted by Gasteiger charge is 2.22. The number of para-hydroxylation sites is 1. The van der Waals surface area contributed by atoms with Crippen LogP contribution in [0.1, 0.15) is 11.1 Å². The van der Waals surface area contributed by atoms with E-state index in [1.54, 1.807) is 0 Å². The summed E-state index contributed by atoms with van der Waals surface area (Å²) in [6.07, 6.45) is 0.389. The number of rotatable bonds is 9. The molecule has 1 aliphatic rings. The summed E-state index contributed by atoms with van der Waals surface area (Å²) in [5.74, 6) is -0.0439. The quantitative estimate of drug-likeness (QED) is 0.425. The molecule has 9 heteroatoms. The first-order chi connectivity index (χ1) is 17.2. The molecule has 0 aromatic heterocycles. The van der Waals surface area contributed by atoms with Gasteiger partial charge >= 0.3 is 0 Å². The molecule has 0 saturated carbocycles. The predicted molar refractivity (Wildman–Crippen MR) is 143 cm³/mol. The second-order valence-electron chi connectivity index (χ2n) is 9.21. The Morgan fingerprint density at radius 1 is 0.722 bits per heavy atom. The Labute approximate surface area is 214 Å². The fourth-order valence-electron chi connectivity index (χ4n) is 4.41. The Kier molecular flexibility index (Phi) is 8.14. The standard InChI is InChI=1S/C27H33N3O4S2/c1-28(2)36(33,34)26-14-12-25(13-15-26)35(31,32)21-16-24-10-6-7-11-27(24)30-19-17-29(18-20-30)22-23-8-4-3-5-9-23/h3-15H,16-22H2,1-2H3. The number of hydrogen-bond acceptors (Lipinski definition) is 6. The Morgan fingerprint density at radius 3 is 1.94 bits per heavy atom. The van der Waals surface area contributed by atoms with Gasteiger partial charge in [-0.3, -0.25) is 4.90 Å². The van der Waals surface area contributed by atoms with E-state index in [9.17, 15) is 16.8 Å². The topological polar surface area (TPSA) is 78.0 Å². The first-order valence-electron chi connectivity index (χ1n) is 12.0. The molecule has 3 aromatic carbocycles. The van der Waals surface area contributed by atoms with Crippen molar-refractivity contribution in [3.05, 3.63) is 90.0 Å². The van der Waals surface area contributed by atoms with E-state index in [1.807, 2.05) is 24.3 Å². The van der Waals surface area contributed by atoms with Crippen molar-refractivity contribution in [3.63, 3.8) is 0 Å². The van der Waals surface area contributed by atoms with Crippen molar-refractivity contribution in [1.82, 2.24) is 9.21 Å². The summed E-state index contributed by atoms with van der Waals surface area (Å²) in [4.78, 5) is 4.99. The number of benzene rings is 3. The molecule has 1 heterocycles. The third-order valence-corrected chi connectivity index (χ3v) is 10.1. The summed E-state index contributed by atoms with van der Waals surface area (Å²) < 4.78 is 51.7. The molecule has 1 aliphatic heterocycles. The number of nitrogens with zero attached hydrogens (tertiary/aromatic N) is 3. The zero-order valence-electron chi connectivity index (χ0n) is 20.7. The molecule has 0 bridgehead atoms. The lowest BCUT2D eigenvalue weighted by molar-refractivity contribution is 0.250. The molecule has 0 radical (unpaired) electrons. The molecule has 3 aromatic rings. The molecule has 7 nitrogen and oxygen atoms in total. The van der Waals surface area contributed by atoms with Crippen LogP contribution in [-0.2, 0) is 32.8 Å². The third-order valence-electron chi connectivity index (χ3n) is 6.56. The van der Waals surface area contributed by atoms with Crippen LogP contribution < -0.4 is 4.90 Å². The van der Waals surface area contributed by atoms with E-state index in [0.29, 0.717) is 6.42 Å². The summed E-state index contributed by atoms with van der Waals surface area (Å²) in [7, 11) is -4.28. The molecule has 0 N–H and O–H groups in total. The van der Waals surface area contributed by atoms with Crippen LogP contribution in [0.5, 0.6) is 0 Å². The monoisotopic (exact) mass is 527 g/mol. The van der Waals surface area contributed by atoms with Gasteiger partial charge in [-0.1, -0.05) is 48.5 Å². The highest BCUT2D eigenvalue weighted by atomic mass is 32.2. The van der Waals surface area contributed by atoms with Crippen LogP contribution in [0.25, 0.3) is 0 Å². The van der Waals surface area contributed by atoms with Crippen molar-refractivity contribution in [3.8, 4) is 0 Å². The van der Waals surface area contributed by atoms with E-state index in [0.717, 1.165) is 48.3 Å². The van der Waals surface area contributed by atoms with Crippen LogP contribution in [0.15, 0.2) is 88.7 Å². The molecule has 0 aliphatic carbocycles. The average molecular weight is 528 g/mol. The van der Waals surface area contributed by atoms with Crippen molar-refractivity contribution >= 4 is 25.5 Å². The molecular formula is C27H33N3O4S2. The van der Waals surface area contributed by atoms with Crippen LogP contribution in [0.2, 0.25) is 0 Å². The SMILES string of the molecule is CN(C)S(=O)(=O)c1ccc(S(=O)(=O)CCc2ccccc2N2CCN(Cc3ccccc3)CC2)cc1. The molecule has 192 valence electrons. The molecule has 36 heavy (non-hydrogen) atoms. The van der Waals surface area contributed by atoms with Crippen LogP contribution in [0.4, 0.5) is 5.69 Å². The van der Waals surface area contributed by atoms with Crippen LogP contribution >= 0.6 is 0 Å². The van der Waals surface area contributed by atoms with Gasteiger partial charge < -0.3 is 4.90 Å². The lowest BCUT2D eigenvalue weighted by atomic mass is 10.1. The van der Waals surface area contributed by atoms with E-state index in [4.69, 9.17) is 0 Å². The first-order valence-corrected chi connectivity index (χ1v) is 15.1. The second-order valence-corrected chi connectivity index (χ2v) is 13.5. The van der Waals surface area contributed by atoms with Gasteiger partial charge in [0, 0.05) is 52.5 Å². The number of sulfone groups is 1. The maximum atomic E-state index is 13.0. The zero-order valence-corrected chi connectivity index (χ0v) is 22.4. The first kappa shape index (κ1) is 26.3. The predicted octanol–water partition coefficient (Wildman–Crippen LogP) is 3.28. The molecule has 0 spiro atoms. The minimum absolute atomic E-state index is 0.0439. The second kappa shape index (κ2) is 11.1. The lowest BCUT2D eigenvalue weighted by Gasteiger charge is -2.37. The van der Waals surface area contributed by atoms with Gasteiger partial charge in [0.05, 0.1) is 15.5 Å². The van der Waals surface area contributed by atoms with Gasteiger partial charge in [0.25, 0.3) is 0 Å². The maximum absolute atomic E-state index is 13.0. The fourth-order valence-corrected chi connectivity index (χ4v) is 6.59. The van der Waals surface area contributed by atoms with Crippen molar-refractivity contribution in [2.45, 2.75) is 22.8 Å². The van der Waals surface area contributed by atoms with Gasteiger partial charge in [-0.25, -0.2) is 21.1 Å². The molecule has 0 unspecified atom stereocenters. The zero-order chi connectivity index (χ0) is 25.8. The number of piperazine rings is 1. The Hall–Kier alpha value is -2.72. The molecule has 0 amide bonds. The Balaban J connectivity index is 1.40. The van der Waals surface area contributed by atoms with Crippen molar-refractivity contribution < 1.29 is 16.8 Å². The highest BCUT2D eigenvalue weighted by molar-refractivity contribution is 7.91. The smallest absolute Gasteiger partial charge is 0.242 e. The summed E-state index contributed by atoms with van der Waals surface area (Å²) in [6.45, 7) is 4.60. The van der Waals surface area contributed by atoms with Gasteiger partial charge in [0.2, 0.25) is 10.0 Å². The lowest BCUT2D eigenvalue weighted by Crippen LogP contribution is -2.46. The van der Waals surface area contributed by atoms with Gasteiger partial charge in [-0.2, -0.15) is 0 Å². The number of aryl methyl sites for hydroxylation is 1. The summed E-state index contributed by atoms with van der Waals surface area (Å²) >= 11 is 0. The molecule has 1 fully saturated rings. The minimum Gasteiger partial charge on any atom is -0.369 e. The Morgan fingerprint density at radius 2 is 1.31 bits per heavy atom. The summed E-state index contributed by atoms with van der Waals surface area (Å²) in [5, 5.41) is 0. The van der Waals surface area contributed by atoms with E-state index in [2.05, 4.69) is 40.1 Å². The van der Waals surface area contributed by atoms with Gasteiger partial charge in [0.1, 0.15) is 0 Å². The summed E-state index contributed by atoms with van der Waals surface area (Å²) in [6, 6.07) is 23.9. The van der Waals surface area contributed by atoms with E-state index >= 15 is 0 Å².